The van der Waals surface area contributed by atoms with Crippen LogP contribution in [0, 0.1) is 0 Å². The van der Waals surface area contributed by atoms with Gasteiger partial charge in [0, 0.05) is 12.1 Å². The number of rotatable bonds is 0. The highest BCUT2D eigenvalue weighted by atomic mass is 35.5. The van der Waals surface area contributed by atoms with Gasteiger partial charge in [0.2, 0.25) is 0 Å². The van der Waals surface area contributed by atoms with Crippen LogP contribution in [0.2, 0.25) is 0 Å². The molecule has 0 radical (unpaired) electrons. The monoisotopic (exact) mass is 148 g/mol. The van der Waals surface area contributed by atoms with Crippen molar-refractivity contribution < 1.29 is 0 Å². The molecular weight excluding hydrogens is 136 g/mol. The molecule has 0 saturated heterocycles. The molecule has 0 amide bonds. The van der Waals surface area contributed by atoms with E-state index in [1.165, 1.54) is 0 Å². The molecule has 0 fully saturated rings. The zero-order valence-corrected chi connectivity index (χ0v) is 6.10. The van der Waals surface area contributed by atoms with Crippen molar-refractivity contribution in [2.45, 2.75) is 24.9 Å². The fourth-order valence-corrected chi connectivity index (χ4v) is 0.856. The zero-order chi connectivity index (χ0) is 5.98. The van der Waals surface area contributed by atoms with Gasteiger partial charge in [-0.2, -0.15) is 0 Å². The number of nitrogens with two attached hydrogens (primary N) is 2. The molecule has 0 aromatic rings. The summed E-state index contributed by atoms with van der Waals surface area (Å²) in [5, 5.41) is 0. The van der Waals surface area contributed by atoms with E-state index in [2.05, 4.69) is 12.2 Å². The number of halogens is 1. The zero-order valence-electron chi connectivity index (χ0n) is 5.29. The summed E-state index contributed by atoms with van der Waals surface area (Å²) in [7, 11) is 0. The van der Waals surface area contributed by atoms with Gasteiger partial charge in [-0.3, -0.25) is 0 Å². The summed E-state index contributed by atoms with van der Waals surface area (Å²) in [5.41, 5.74) is 11.2. The molecule has 0 aromatic carbocycles. The summed E-state index contributed by atoms with van der Waals surface area (Å²) in [6, 6.07) is 0.389. The van der Waals surface area contributed by atoms with Crippen molar-refractivity contribution in [1.82, 2.24) is 0 Å². The van der Waals surface area contributed by atoms with Gasteiger partial charge in [0.25, 0.3) is 0 Å². The van der Waals surface area contributed by atoms with E-state index in [-0.39, 0.29) is 24.5 Å². The van der Waals surface area contributed by atoms with E-state index in [9.17, 15) is 0 Å². The number of hydrogen-bond donors (Lipinski definition) is 2. The molecule has 2 nitrogen and oxygen atoms in total. The van der Waals surface area contributed by atoms with Crippen LogP contribution >= 0.6 is 12.4 Å². The summed E-state index contributed by atoms with van der Waals surface area (Å²) in [6.07, 6.45) is 6.07. The Morgan fingerprint density at radius 3 is 1.56 bits per heavy atom. The fourth-order valence-electron chi connectivity index (χ4n) is 0.856. The van der Waals surface area contributed by atoms with Gasteiger partial charge in [0.1, 0.15) is 0 Å². The van der Waals surface area contributed by atoms with Gasteiger partial charge in [-0.15, -0.1) is 12.4 Å². The van der Waals surface area contributed by atoms with Gasteiger partial charge in [0.05, 0.1) is 0 Å². The van der Waals surface area contributed by atoms with Gasteiger partial charge in [-0.1, -0.05) is 12.2 Å². The van der Waals surface area contributed by atoms with Crippen molar-refractivity contribution in [2.75, 3.05) is 0 Å². The van der Waals surface area contributed by atoms with Gasteiger partial charge >= 0.3 is 0 Å². The third kappa shape index (κ3) is 2.35. The Labute approximate surface area is 61.7 Å². The van der Waals surface area contributed by atoms with Crippen LogP contribution in [0.1, 0.15) is 12.8 Å². The smallest absolute Gasteiger partial charge is 0.0230 e. The second kappa shape index (κ2) is 3.88. The lowest BCUT2D eigenvalue weighted by molar-refractivity contribution is 0.516. The predicted molar refractivity (Wildman–Crippen MR) is 41.6 cm³/mol. The fraction of sp³-hybridized carbons (Fsp3) is 0.667. The van der Waals surface area contributed by atoms with E-state index in [4.69, 9.17) is 11.5 Å². The maximum atomic E-state index is 5.60. The SMILES string of the molecule is Cl.NC1CC=CCC1N. The Hall–Kier alpha value is -0.0500. The van der Waals surface area contributed by atoms with Crippen LogP contribution in [0.4, 0.5) is 0 Å². The summed E-state index contributed by atoms with van der Waals surface area (Å²) in [4.78, 5) is 0. The van der Waals surface area contributed by atoms with Crippen molar-refractivity contribution in [2.24, 2.45) is 11.5 Å². The van der Waals surface area contributed by atoms with Crippen molar-refractivity contribution in [3.63, 3.8) is 0 Å². The molecular formula is C6H13ClN2. The van der Waals surface area contributed by atoms with Crippen LogP contribution in [0.15, 0.2) is 12.2 Å². The van der Waals surface area contributed by atoms with E-state index in [1.807, 2.05) is 0 Å². The molecule has 54 valence electrons. The Bertz CT molecular complexity index is 91.2. The summed E-state index contributed by atoms with van der Waals surface area (Å²) in [5.74, 6) is 0. The highest BCUT2D eigenvalue weighted by Crippen LogP contribution is 2.06. The first kappa shape index (κ1) is 8.95. The molecule has 9 heavy (non-hydrogen) atoms. The van der Waals surface area contributed by atoms with E-state index in [0.717, 1.165) is 12.8 Å². The molecule has 0 bridgehead atoms. The first-order chi connectivity index (χ1) is 3.80. The average Bonchev–Trinajstić information content (AvgIpc) is 1.77. The Morgan fingerprint density at radius 2 is 1.33 bits per heavy atom. The Balaban J connectivity index is 0.000000640. The molecule has 2 unspecified atom stereocenters. The van der Waals surface area contributed by atoms with E-state index < -0.39 is 0 Å². The molecule has 0 heterocycles. The van der Waals surface area contributed by atoms with Crippen molar-refractivity contribution in [3.8, 4) is 0 Å². The van der Waals surface area contributed by atoms with Crippen LogP contribution in [-0.2, 0) is 0 Å². The second-order valence-electron chi connectivity index (χ2n) is 2.27. The molecule has 1 rings (SSSR count). The van der Waals surface area contributed by atoms with Crippen molar-refractivity contribution >= 4 is 12.4 Å². The number of hydrogen-bond acceptors (Lipinski definition) is 2. The summed E-state index contributed by atoms with van der Waals surface area (Å²) < 4.78 is 0. The van der Waals surface area contributed by atoms with Crippen molar-refractivity contribution in [3.05, 3.63) is 12.2 Å². The molecule has 4 N–H and O–H groups in total. The largest absolute Gasteiger partial charge is 0.326 e. The van der Waals surface area contributed by atoms with Crippen LogP contribution in [-0.4, -0.2) is 12.1 Å². The predicted octanol–water partition coefficient (Wildman–Crippen LogP) is 0.413. The van der Waals surface area contributed by atoms with E-state index >= 15 is 0 Å². The van der Waals surface area contributed by atoms with Gasteiger partial charge in [-0.25, -0.2) is 0 Å². The average molecular weight is 149 g/mol. The third-order valence-corrected chi connectivity index (χ3v) is 1.53. The first-order valence-electron chi connectivity index (χ1n) is 2.97. The highest BCUT2D eigenvalue weighted by molar-refractivity contribution is 5.85. The van der Waals surface area contributed by atoms with Crippen LogP contribution in [0.3, 0.4) is 0 Å². The normalized spacial score (nSPS) is 33.6. The summed E-state index contributed by atoms with van der Waals surface area (Å²) in [6.45, 7) is 0. The molecule has 1 aliphatic rings. The molecule has 2 atom stereocenters. The van der Waals surface area contributed by atoms with Crippen LogP contribution in [0.5, 0.6) is 0 Å². The minimum absolute atomic E-state index is 0. The molecule has 0 aliphatic heterocycles. The first-order valence-corrected chi connectivity index (χ1v) is 2.97. The lowest BCUT2D eigenvalue weighted by Gasteiger charge is -2.19. The second-order valence-corrected chi connectivity index (χ2v) is 2.27. The quantitative estimate of drug-likeness (QED) is 0.489. The molecule has 0 saturated carbocycles. The van der Waals surface area contributed by atoms with Gasteiger partial charge in [-0.05, 0) is 12.8 Å². The van der Waals surface area contributed by atoms with Gasteiger partial charge in [0.15, 0.2) is 0 Å². The van der Waals surface area contributed by atoms with E-state index in [0.29, 0.717) is 0 Å². The van der Waals surface area contributed by atoms with Crippen LogP contribution in [0.25, 0.3) is 0 Å². The van der Waals surface area contributed by atoms with Gasteiger partial charge < -0.3 is 11.5 Å². The Kier molecular flexibility index (Phi) is 3.86. The molecule has 1 aliphatic carbocycles. The minimum atomic E-state index is 0. The maximum Gasteiger partial charge on any atom is 0.0230 e. The standard InChI is InChI=1S/C6H12N2.ClH/c7-5-3-1-2-4-6(5)8;/h1-2,5-6H,3-4,7-8H2;1H. The Morgan fingerprint density at radius 1 is 1.00 bits per heavy atom. The molecule has 0 aromatic heterocycles. The van der Waals surface area contributed by atoms with Crippen LogP contribution < -0.4 is 11.5 Å². The lowest BCUT2D eigenvalue weighted by Crippen LogP contribution is -2.41. The highest BCUT2D eigenvalue weighted by Gasteiger charge is 2.12. The minimum Gasteiger partial charge on any atom is -0.326 e. The third-order valence-electron chi connectivity index (χ3n) is 1.53. The van der Waals surface area contributed by atoms with E-state index in [1.54, 1.807) is 0 Å². The van der Waals surface area contributed by atoms with Crippen molar-refractivity contribution in [1.29, 1.82) is 0 Å². The summed E-state index contributed by atoms with van der Waals surface area (Å²) >= 11 is 0. The lowest BCUT2D eigenvalue weighted by atomic mass is 9.98. The maximum absolute atomic E-state index is 5.60. The molecule has 3 heteroatoms. The molecule has 0 spiro atoms. The topological polar surface area (TPSA) is 52.0 Å².